The smallest absolute Gasteiger partial charge is 0.354 e. The molecule has 0 atom stereocenters. The second kappa shape index (κ2) is 6.67. The largest absolute Gasteiger partial charge is 0.417 e. The lowest BCUT2D eigenvalue weighted by Crippen LogP contribution is -2.47. The fourth-order valence-corrected chi connectivity index (χ4v) is 2.59. The van der Waals surface area contributed by atoms with E-state index in [1.54, 1.807) is 0 Å². The highest BCUT2D eigenvalue weighted by molar-refractivity contribution is 5.40. The number of anilines is 1. The molecule has 25 heavy (non-hydrogen) atoms. The van der Waals surface area contributed by atoms with Crippen LogP contribution in [0.5, 0.6) is 0 Å². The zero-order chi connectivity index (χ0) is 18.0. The van der Waals surface area contributed by atoms with E-state index in [1.165, 1.54) is 23.1 Å². The molecule has 3 rings (SSSR count). The standard InChI is InChI=1S/C14H15F3N6O2/c15-14(16,17)11-1-2-13(18-7-11)21-5-3-20(4-6-21)10-22-9-12(8-19-22)23(24)25/h1-2,7-9H,3-6,10H2. The molecule has 2 aromatic rings. The number of piperazine rings is 1. The minimum atomic E-state index is -4.39. The molecule has 0 saturated carbocycles. The molecule has 1 saturated heterocycles. The maximum absolute atomic E-state index is 12.6. The first-order valence-electron chi connectivity index (χ1n) is 7.50. The number of rotatable bonds is 4. The second-order valence-corrected chi connectivity index (χ2v) is 5.64. The van der Waals surface area contributed by atoms with E-state index in [1.807, 2.05) is 4.90 Å². The molecule has 0 radical (unpaired) electrons. The summed E-state index contributed by atoms with van der Waals surface area (Å²) >= 11 is 0. The Labute approximate surface area is 140 Å². The van der Waals surface area contributed by atoms with Crippen LogP contribution in [0.15, 0.2) is 30.7 Å². The Kier molecular flexibility index (Phi) is 4.57. The van der Waals surface area contributed by atoms with Crippen LogP contribution in [0.25, 0.3) is 0 Å². The van der Waals surface area contributed by atoms with E-state index in [0.717, 1.165) is 12.3 Å². The highest BCUT2D eigenvalue weighted by Gasteiger charge is 2.31. The van der Waals surface area contributed by atoms with Gasteiger partial charge in [-0.2, -0.15) is 18.3 Å². The van der Waals surface area contributed by atoms with Gasteiger partial charge in [0.25, 0.3) is 0 Å². The van der Waals surface area contributed by atoms with Crippen LogP contribution in [0, 0.1) is 10.1 Å². The SMILES string of the molecule is O=[N+]([O-])c1cnn(CN2CCN(c3ccc(C(F)(F)F)cn3)CC2)c1. The van der Waals surface area contributed by atoms with Gasteiger partial charge in [0.2, 0.25) is 0 Å². The molecule has 1 aliphatic heterocycles. The third kappa shape index (κ3) is 4.05. The van der Waals surface area contributed by atoms with Crippen LogP contribution in [0.1, 0.15) is 5.56 Å². The first-order chi connectivity index (χ1) is 11.8. The van der Waals surface area contributed by atoms with Gasteiger partial charge in [-0.3, -0.25) is 19.7 Å². The van der Waals surface area contributed by atoms with Crippen molar-refractivity contribution in [2.75, 3.05) is 31.1 Å². The number of halogens is 3. The number of nitrogens with zero attached hydrogens (tertiary/aromatic N) is 6. The minimum absolute atomic E-state index is 0.0624. The van der Waals surface area contributed by atoms with Gasteiger partial charge in [-0.25, -0.2) is 4.98 Å². The third-order valence-electron chi connectivity index (χ3n) is 3.95. The number of pyridine rings is 1. The van der Waals surface area contributed by atoms with Gasteiger partial charge in [-0.05, 0) is 12.1 Å². The van der Waals surface area contributed by atoms with E-state index in [-0.39, 0.29) is 5.69 Å². The summed E-state index contributed by atoms with van der Waals surface area (Å²) in [5.41, 5.74) is -0.831. The molecule has 0 bridgehead atoms. The van der Waals surface area contributed by atoms with Crippen molar-refractivity contribution in [2.45, 2.75) is 12.8 Å². The summed E-state index contributed by atoms with van der Waals surface area (Å²) in [6.45, 7) is 2.91. The summed E-state index contributed by atoms with van der Waals surface area (Å²) in [6, 6.07) is 2.40. The molecule has 2 aromatic heterocycles. The van der Waals surface area contributed by atoms with Gasteiger partial charge >= 0.3 is 11.9 Å². The second-order valence-electron chi connectivity index (χ2n) is 5.64. The fourth-order valence-electron chi connectivity index (χ4n) is 2.59. The molecule has 0 aromatic carbocycles. The van der Waals surface area contributed by atoms with Gasteiger partial charge in [-0.1, -0.05) is 0 Å². The molecule has 3 heterocycles. The molecular weight excluding hydrogens is 341 g/mol. The first-order valence-corrected chi connectivity index (χ1v) is 7.50. The van der Waals surface area contributed by atoms with E-state index in [2.05, 4.69) is 15.0 Å². The topological polar surface area (TPSA) is 80.3 Å². The molecule has 0 unspecified atom stereocenters. The number of hydrogen-bond acceptors (Lipinski definition) is 6. The fraction of sp³-hybridized carbons (Fsp3) is 0.429. The van der Waals surface area contributed by atoms with Crippen molar-refractivity contribution in [1.82, 2.24) is 19.7 Å². The molecule has 134 valence electrons. The summed E-state index contributed by atoms with van der Waals surface area (Å²) in [5.74, 6) is 0.502. The van der Waals surface area contributed by atoms with Gasteiger partial charge in [0, 0.05) is 32.4 Å². The van der Waals surface area contributed by atoms with Crippen LogP contribution >= 0.6 is 0 Å². The number of alkyl halides is 3. The van der Waals surface area contributed by atoms with Crippen molar-refractivity contribution in [1.29, 1.82) is 0 Å². The lowest BCUT2D eigenvalue weighted by molar-refractivity contribution is -0.385. The average molecular weight is 356 g/mol. The van der Waals surface area contributed by atoms with E-state index < -0.39 is 16.7 Å². The van der Waals surface area contributed by atoms with Crippen LogP contribution in [-0.2, 0) is 12.8 Å². The lowest BCUT2D eigenvalue weighted by Gasteiger charge is -2.35. The van der Waals surface area contributed by atoms with Gasteiger partial charge in [0.15, 0.2) is 0 Å². The van der Waals surface area contributed by atoms with Crippen LogP contribution in [-0.4, -0.2) is 50.8 Å². The molecule has 0 N–H and O–H groups in total. The maximum atomic E-state index is 12.6. The normalized spacial score (nSPS) is 16.2. The molecular formula is C14H15F3N6O2. The summed E-state index contributed by atoms with van der Waals surface area (Å²) in [5, 5.41) is 14.6. The molecule has 1 aliphatic rings. The van der Waals surface area contributed by atoms with Crippen LogP contribution in [0.2, 0.25) is 0 Å². The third-order valence-corrected chi connectivity index (χ3v) is 3.95. The van der Waals surface area contributed by atoms with Gasteiger partial charge in [0.05, 0.1) is 17.2 Å². The first kappa shape index (κ1) is 17.1. The average Bonchev–Trinajstić information content (AvgIpc) is 3.04. The number of nitro groups is 1. The van der Waals surface area contributed by atoms with Crippen LogP contribution in [0.4, 0.5) is 24.7 Å². The summed E-state index contributed by atoms with van der Waals surface area (Å²) in [6.07, 6.45) is -0.993. The molecule has 0 spiro atoms. The Bertz CT molecular complexity index is 738. The molecule has 8 nitrogen and oxygen atoms in total. The van der Waals surface area contributed by atoms with Gasteiger partial charge < -0.3 is 4.90 Å². The van der Waals surface area contributed by atoms with E-state index in [0.29, 0.717) is 38.7 Å². The monoisotopic (exact) mass is 356 g/mol. The maximum Gasteiger partial charge on any atom is 0.417 e. The van der Waals surface area contributed by atoms with Crippen molar-refractivity contribution in [3.8, 4) is 0 Å². The highest BCUT2D eigenvalue weighted by Crippen LogP contribution is 2.29. The summed E-state index contributed by atoms with van der Waals surface area (Å²) in [7, 11) is 0. The Morgan fingerprint density at radius 2 is 1.88 bits per heavy atom. The Balaban J connectivity index is 1.55. The summed E-state index contributed by atoms with van der Waals surface area (Å²) < 4.78 is 39.2. The highest BCUT2D eigenvalue weighted by atomic mass is 19.4. The zero-order valence-electron chi connectivity index (χ0n) is 13.1. The molecule has 1 fully saturated rings. The van der Waals surface area contributed by atoms with Crippen molar-refractivity contribution in [3.05, 3.63) is 46.4 Å². The van der Waals surface area contributed by atoms with Crippen molar-refractivity contribution in [3.63, 3.8) is 0 Å². The lowest BCUT2D eigenvalue weighted by atomic mass is 10.2. The predicted molar refractivity (Wildman–Crippen MR) is 81.9 cm³/mol. The quantitative estimate of drug-likeness (QED) is 0.616. The number of hydrogen-bond donors (Lipinski definition) is 0. The molecule has 0 aliphatic carbocycles. The Hall–Kier alpha value is -2.69. The van der Waals surface area contributed by atoms with Crippen molar-refractivity contribution >= 4 is 11.5 Å². The zero-order valence-corrected chi connectivity index (χ0v) is 13.1. The van der Waals surface area contributed by atoms with E-state index in [4.69, 9.17) is 0 Å². The molecule has 11 heteroatoms. The van der Waals surface area contributed by atoms with Crippen molar-refractivity contribution < 1.29 is 18.1 Å². The Morgan fingerprint density at radius 3 is 2.40 bits per heavy atom. The Morgan fingerprint density at radius 1 is 1.16 bits per heavy atom. The minimum Gasteiger partial charge on any atom is -0.354 e. The predicted octanol–water partition coefficient (Wildman–Crippen LogP) is 1.98. The summed E-state index contributed by atoms with van der Waals surface area (Å²) in [4.78, 5) is 18.0. The van der Waals surface area contributed by atoms with E-state index in [9.17, 15) is 23.3 Å². The molecule has 0 amide bonds. The number of aromatic nitrogens is 3. The van der Waals surface area contributed by atoms with Crippen molar-refractivity contribution in [2.24, 2.45) is 0 Å². The van der Waals surface area contributed by atoms with Gasteiger partial charge in [0.1, 0.15) is 18.2 Å². The van der Waals surface area contributed by atoms with Gasteiger partial charge in [-0.15, -0.1) is 0 Å². The van der Waals surface area contributed by atoms with E-state index >= 15 is 0 Å². The van der Waals surface area contributed by atoms with Crippen LogP contribution < -0.4 is 4.90 Å². The van der Waals surface area contributed by atoms with Crippen LogP contribution in [0.3, 0.4) is 0 Å².